The van der Waals surface area contributed by atoms with Crippen LogP contribution in [0.15, 0.2) is 85.1 Å². The molecule has 0 unspecified atom stereocenters. The first-order valence-corrected chi connectivity index (χ1v) is 12.6. The highest BCUT2D eigenvalue weighted by molar-refractivity contribution is 5.95. The second-order valence-corrected chi connectivity index (χ2v) is 10.3. The molecule has 0 radical (unpaired) electrons. The molecule has 5 aromatic rings. The van der Waals surface area contributed by atoms with E-state index in [-0.39, 0.29) is 0 Å². The van der Waals surface area contributed by atoms with Crippen LogP contribution in [-0.2, 0) is 25.7 Å². The molecule has 0 saturated heterocycles. The molecule has 4 aromatic carbocycles. The summed E-state index contributed by atoms with van der Waals surface area (Å²) in [6.45, 7) is 0. The van der Waals surface area contributed by atoms with Crippen LogP contribution < -0.4 is 4.90 Å². The molecule has 4 aliphatic rings. The second-order valence-electron chi connectivity index (χ2n) is 10.3. The summed E-state index contributed by atoms with van der Waals surface area (Å²) >= 11 is 0. The van der Waals surface area contributed by atoms with E-state index in [4.69, 9.17) is 4.98 Å². The van der Waals surface area contributed by atoms with Gasteiger partial charge in [0.25, 0.3) is 0 Å². The van der Waals surface area contributed by atoms with Gasteiger partial charge in [0.1, 0.15) is 0 Å². The summed E-state index contributed by atoms with van der Waals surface area (Å²) in [5.41, 5.74) is 21.2. The largest absolute Gasteiger partial charge is 0.308 e. The van der Waals surface area contributed by atoms with Crippen LogP contribution >= 0.6 is 0 Å². The third-order valence-corrected chi connectivity index (χ3v) is 8.62. The average molecular weight is 447 g/mol. The van der Waals surface area contributed by atoms with Gasteiger partial charge in [-0.15, -0.1) is 0 Å². The number of rotatable bonds is 0. The van der Waals surface area contributed by atoms with Gasteiger partial charge >= 0.3 is 0 Å². The number of hydrogen-bond donors (Lipinski definition) is 0. The number of nitrogens with zero attached hydrogens (tertiary/aromatic N) is 2. The fraction of sp³-hybridized carbons (Fsp3) is 0.121. The van der Waals surface area contributed by atoms with Crippen molar-refractivity contribution in [3.8, 4) is 22.3 Å². The number of hydrogen-bond acceptors (Lipinski definition) is 2. The average Bonchev–Trinajstić information content (AvgIpc) is 3.47. The van der Waals surface area contributed by atoms with Crippen LogP contribution in [0.4, 0.5) is 17.1 Å². The molecule has 3 heterocycles. The van der Waals surface area contributed by atoms with Crippen LogP contribution in [0.1, 0.15) is 44.6 Å². The number of aromatic nitrogens is 1. The third kappa shape index (κ3) is 2.23. The maximum atomic E-state index is 4.77. The van der Waals surface area contributed by atoms with Gasteiger partial charge in [-0.25, -0.2) is 0 Å². The van der Waals surface area contributed by atoms with Gasteiger partial charge in [-0.05, 0) is 92.2 Å². The Morgan fingerprint density at radius 2 is 1.31 bits per heavy atom. The van der Waals surface area contributed by atoms with E-state index < -0.39 is 0 Å². The van der Waals surface area contributed by atoms with E-state index in [1.807, 2.05) is 6.20 Å². The van der Waals surface area contributed by atoms with E-state index in [0.29, 0.717) is 0 Å². The Kier molecular flexibility index (Phi) is 3.27. The summed E-state index contributed by atoms with van der Waals surface area (Å²) in [4.78, 5) is 7.26. The summed E-state index contributed by atoms with van der Waals surface area (Å²) in [5, 5.41) is 0. The first-order chi connectivity index (χ1) is 17.3. The molecule has 0 fully saturated rings. The van der Waals surface area contributed by atoms with Crippen LogP contribution in [0.2, 0.25) is 0 Å². The number of para-hydroxylation sites is 1. The predicted molar refractivity (Wildman–Crippen MR) is 141 cm³/mol. The van der Waals surface area contributed by atoms with Gasteiger partial charge in [0.2, 0.25) is 0 Å². The van der Waals surface area contributed by atoms with E-state index in [1.165, 1.54) is 84.0 Å². The molecule has 1 aromatic heterocycles. The molecule has 9 rings (SSSR count). The maximum absolute atomic E-state index is 4.77. The van der Waals surface area contributed by atoms with Crippen molar-refractivity contribution in [2.24, 2.45) is 0 Å². The molecule has 0 atom stereocenters. The van der Waals surface area contributed by atoms with Gasteiger partial charge in [0, 0.05) is 19.0 Å². The summed E-state index contributed by atoms with van der Waals surface area (Å²) in [6, 6.07) is 29.6. The molecule has 35 heavy (non-hydrogen) atoms. The Labute approximate surface area is 204 Å². The van der Waals surface area contributed by atoms with Gasteiger partial charge in [-0.1, -0.05) is 60.7 Å². The minimum absolute atomic E-state index is 0.911. The van der Waals surface area contributed by atoms with Gasteiger partial charge in [-0.2, -0.15) is 0 Å². The molecule has 2 nitrogen and oxygen atoms in total. The Balaban J connectivity index is 1.28. The van der Waals surface area contributed by atoms with Gasteiger partial charge in [-0.3, -0.25) is 4.98 Å². The van der Waals surface area contributed by atoms with Gasteiger partial charge < -0.3 is 4.90 Å². The smallest absolute Gasteiger partial charge is 0.0688 e. The highest BCUT2D eigenvalue weighted by atomic mass is 15.2. The topological polar surface area (TPSA) is 16.1 Å². The summed E-state index contributed by atoms with van der Waals surface area (Å²) < 4.78 is 0. The molecule has 164 valence electrons. The number of anilines is 3. The standard InChI is InChI=1S/C33H22N2/c1-2-8-23-19(5-1)15-28-24(23)11-10-20-16-26-25(32(20)28)12-13-30-27(26)17-21-6-3-7-22-18-29-31(9-4-14-34-29)35(30)33(21)22/h1-14H,15-18H2. The van der Waals surface area contributed by atoms with Crippen molar-refractivity contribution in [1.29, 1.82) is 0 Å². The fourth-order valence-electron chi connectivity index (χ4n) is 7.18. The van der Waals surface area contributed by atoms with Crippen LogP contribution in [0.25, 0.3) is 22.3 Å². The summed E-state index contributed by atoms with van der Waals surface area (Å²) in [7, 11) is 0. The molecular formula is C33H22N2. The lowest BCUT2D eigenvalue weighted by molar-refractivity contribution is 0.963. The Morgan fingerprint density at radius 3 is 2.29 bits per heavy atom. The van der Waals surface area contributed by atoms with Crippen molar-refractivity contribution in [3.63, 3.8) is 0 Å². The van der Waals surface area contributed by atoms with Crippen molar-refractivity contribution in [3.05, 3.63) is 130 Å². The van der Waals surface area contributed by atoms with E-state index in [2.05, 4.69) is 83.8 Å². The minimum atomic E-state index is 0.911. The first-order valence-electron chi connectivity index (χ1n) is 12.6. The Hall–Kier alpha value is -4.17. The maximum Gasteiger partial charge on any atom is 0.0688 e. The normalized spacial score (nSPS) is 14.9. The highest BCUT2D eigenvalue weighted by Crippen LogP contribution is 2.54. The number of pyridine rings is 1. The summed E-state index contributed by atoms with van der Waals surface area (Å²) in [6.07, 6.45) is 5.91. The molecule has 0 N–H and O–H groups in total. The number of benzene rings is 4. The van der Waals surface area contributed by atoms with Crippen molar-refractivity contribution in [2.75, 3.05) is 4.90 Å². The molecule has 0 saturated carbocycles. The zero-order valence-corrected chi connectivity index (χ0v) is 19.3. The van der Waals surface area contributed by atoms with E-state index >= 15 is 0 Å². The van der Waals surface area contributed by atoms with Gasteiger partial charge in [0.15, 0.2) is 0 Å². The molecule has 0 spiro atoms. The van der Waals surface area contributed by atoms with Crippen LogP contribution in [-0.4, -0.2) is 4.98 Å². The molecule has 2 aliphatic carbocycles. The zero-order chi connectivity index (χ0) is 22.7. The predicted octanol–water partition coefficient (Wildman–Crippen LogP) is 7.50. The lowest BCUT2D eigenvalue weighted by Crippen LogP contribution is -2.25. The lowest BCUT2D eigenvalue weighted by atomic mass is 9.85. The van der Waals surface area contributed by atoms with Gasteiger partial charge in [0.05, 0.1) is 22.8 Å². The van der Waals surface area contributed by atoms with E-state index in [0.717, 1.165) is 25.7 Å². The molecule has 2 aliphatic heterocycles. The highest BCUT2D eigenvalue weighted by Gasteiger charge is 2.36. The number of fused-ring (bicyclic) bond motifs is 12. The first kappa shape index (κ1) is 18.2. The van der Waals surface area contributed by atoms with Crippen molar-refractivity contribution < 1.29 is 0 Å². The van der Waals surface area contributed by atoms with Crippen molar-refractivity contribution >= 4 is 17.1 Å². The van der Waals surface area contributed by atoms with E-state index in [9.17, 15) is 0 Å². The van der Waals surface area contributed by atoms with Crippen LogP contribution in [0.3, 0.4) is 0 Å². The van der Waals surface area contributed by atoms with Crippen LogP contribution in [0, 0.1) is 0 Å². The van der Waals surface area contributed by atoms with Crippen molar-refractivity contribution in [1.82, 2.24) is 4.98 Å². The molecular weight excluding hydrogens is 424 g/mol. The lowest BCUT2D eigenvalue weighted by Gasteiger charge is -2.39. The Bertz CT molecular complexity index is 1760. The van der Waals surface area contributed by atoms with Crippen LogP contribution in [0.5, 0.6) is 0 Å². The quantitative estimate of drug-likeness (QED) is 0.240. The summed E-state index contributed by atoms with van der Waals surface area (Å²) in [5.74, 6) is 0. The minimum Gasteiger partial charge on any atom is -0.308 e. The SMILES string of the molecule is c1ccc2c(c1)Cc1c-2ccc2c1-c1ccc3c(c1C2)Cc1cccc2c1N3c1cccnc1C2. The second kappa shape index (κ2) is 6.28. The molecule has 2 heteroatoms. The third-order valence-electron chi connectivity index (χ3n) is 8.62. The molecule has 0 amide bonds. The fourth-order valence-corrected chi connectivity index (χ4v) is 7.18. The zero-order valence-electron chi connectivity index (χ0n) is 19.3. The van der Waals surface area contributed by atoms with Crippen molar-refractivity contribution in [2.45, 2.75) is 25.7 Å². The Morgan fingerprint density at radius 1 is 0.514 bits per heavy atom. The van der Waals surface area contributed by atoms with E-state index in [1.54, 1.807) is 0 Å². The monoisotopic (exact) mass is 446 g/mol. The molecule has 0 bridgehead atoms.